The molecule has 1 N–H and O–H groups in total. The van der Waals surface area contributed by atoms with Crippen LogP contribution in [0.3, 0.4) is 0 Å². The summed E-state index contributed by atoms with van der Waals surface area (Å²) in [6.45, 7) is 0.272. The van der Waals surface area contributed by atoms with Gasteiger partial charge in [0, 0.05) is 12.1 Å². The van der Waals surface area contributed by atoms with Crippen LogP contribution in [0.15, 0.2) is 12.4 Å². The summed E-state index contributed by atoms with van der Waals surface area (Å²) in [6.07, 6.45) is 2.92. The van der Waals surface area contributed by atoms with Gasteiger partial charge in [-0.2, -0.15) is 0 Å². The van der Waals surface area contributed by atoms with Gasteiger partial charge in [-0.25, -0.2) is 8.78 Å². The van der Waals surface area contributed by atoms with E-state index in [4.69, 9.17) is 5.11 Å². The first-order chi connectivity index (χ1) is 6.06. The number of nitrogens with zero attached hydrogens (tertiary/aromatic N) is 3. The molecular weight excluding hydrogens is 180 g/mol. The van der Waals surface area contributed by atoms with Crippen molar-refractivity contribution in [2.45, 2.75) is 19.4 Å². The van der Waals surface area contributed by atoms with E-state index in [1.54, 1.807) is 0 Å². The molecular formula is C7H11F2N3O. The van der Waals surface area contributed by atoms with Crippen molar-refractivity contribution in [2.75, 3.05) is 6.61 Å². The molecule has 1 rings (SSSR count). The summed E-state index contributed by atoms with van der Waals surface area (Å²) in [5.74, 6) is -4.02. The number of aliphatic hydroxyl groups is 1. The second-order valence-corrected chi connectivity index (χ2v) is 2.95. The molecule has 1 atom stereocenters. The van der Waals surface area contributed by atoms with Crippen LogP contribution in [0, 0.1) is 5.92 Å². The van der Waals surface area contributed by atoms with Crippen LogP contribution >= 0.6 is 0 Å². The van der Waals surface area contributed by atoms with E-state index in [1.807, 2.05) is 0 Å². The fraction of sp³-hybridized carbons (Fsp3) is 0.714. The van der Waals surface area contributed by atoms with Crippen molar-refractivity contribution >= 4 is 0 Å². The third kappa shape index (κ3) is 2.45. The number of hydrogen-bond acceptors (Lipinski definition) is 3. The third-order valence-corrected chi connectivity index (χ3v) is 1.86. The lowest BCUT2D eigenvalue weighted by atomic mass is 10.1. The molecule has 1 aromatic rings. The van der Waals surface area contributed by atoms with E-state index in [-0.39, 0.29) is 6.54 Å². The summed E-state index contributed by atoms with van der Waals surface area (Å²) in [5, 5.41) is 15.4. The predicted octanol–water partition coefficient (Wildman–Crippen LogP) is 0.542. The molecule has 13 heavy (non-hydrogen) atoms. The first kappa shape index (κ1) is 10.0. The van der Waals surface area contributed by atoms with Crippen LogP contribution in [0.4, 0.5) is 8.78 Å². The molecule has 6 heteroatoms. The van der Waals surface area contributed by atoms with Gasteiger partial charge in [-0.3, -0.25) is 4.68 Å². The van der Waals surface area contributed by atoms with Crippen molar-refractivity contribution in [1.82, 2.24) is 15.0 Å². The second-order valence-electron chi connectivity index (χ2n) is 2.95. The van der Waals surface area contributed by atoms with Crippen LogP contribution < -0.4 is 0 Å². The molecule has 0 aliphatic heterocycles. The molecule has 0 saturated heterocycles. The van der Waals surface area contributed by atoms with E-state index in [0.29, 0.717) is 0 Å². The Kier molecular flexibility index (Phi) is 2.92. The van der Waals surface area contributed by atoms with Crippen molar-refractivity contribution in [3.05, 3.63) is 12.4 Å². The summed E-state index contributed by atoms with van der Waals surface area (Å²) < 4.78 is 27.0. The Morgan fingerprint density at radius 3 is 2.77 bits per heavy atom. The molecule has 0 radical (unpaired) electrons. The molecule has 4 nitrogen and oxygen atoms in total. The van der Waals surface area contributed by atoms with Gasteiger partial charge < -0.3 is 5.11 Å². The zero-order chi connectivity index (χ0) is 9.90. The molecule has 0 fully saturated rings. The average Bonchev–Trinajstić information content (AvgIpc) is 2.57. The number of rotatable bonds is 4. The predicted molar refractivity (Wildman–Crippen MR) is 41.2 cm³/mol. The highest BCUT2D eigenvalue weighted by atomic mass is 19.3. The maximum atomic E-state index is 12.8. The smallest absolute Gasteiger partial charge is 0.274 e. The molecule has 0 unspecified atom stereocenters. The number of aliphatic hydroxyl groups excluding tert-OH is 1. The zero-order valence-corrected chi connectivity index (χ0v) is 7.19. The van der Waals surface area contributed by atoms with Gasteiger partial charge in [0.1, 0.15) is 6.61 Å². The Morgan fingerprint density at radius 1 is 1.62 bits per heavy atom. The third-order valence-electron chi connectivity index (χ3n) is 1.86. The summed E-state index contributed by atoms with van der Waals surface area (Å²) in [4.78, 5) is 0. The largest absolute Gasteiger partial charge is 0.390 e. The maximum absolute atomic E-state index is 12.8. The normalized spacial score (nSPS) is 14.5. The monoisotopic (exact) mass is 191 g/mol. The van der Waals surface area contributed by atoms with Crippen molar-refractivity contribution in [3.63, 3.8) is 0 Å². The van der Waals surface area contributed by atoms with E-state index in [1.165, 1.54) is 24.0 Å². The van der Waals surface area contributed by atoms with Crippen LogP contribution in [0.1, 0.15) is 6.92 Å². The van der Waals surface area contributed by atoms with E-state index >= 15 is 0 Å². The van der Waals surface area contributed by atoms with Crippen molar-refractivity contribution in [1.29, 1.82) is 0 Å². The van der Waals surface area contributed by atoms with Gasteiger partial charge >= 0.3 is 0 Å². The summed E-state index contributed by atoms with van der Waals surface area (Å²) in [7, 11) is 0. The average molecular weight is 191 g/mol. The molecule has 0 saturated carbocycles. The van der Waals surface area contributed by atoms with Gasteiger partial charge in [0.25, 0.3) is 5.92 Å². The van der Waals surface area contributed by atoms with Crippen LogP contribution in [0.2, 0.25) is 0 Å². The number of aromatic nitrogens is 3. The molecule has 0 aliphatic carbocycles. The van der Waals surface area contributed by atoms with Crippen molar-refractivity contribution in [3.8, 4) is 0 Å². The Bertz CT molecular complexity index is 250. The van der Waals surface area contributed by atoms with Crippen LogP contribution in [0.25, 0.3) is 0 Å². The van der Waals surface area contributed by atoms with Gasteiger partial charge in [-0.1, -0.05) is 12.1 Å². The fourth-order valence-corrected chi connectivity index (χ4v) is 0.900. The number of hydrogen-bond donors (Lipinski definition) is 1. The van der Waals surface area contributed by atoms with Gasteiger partial charge in [0.05, 0.1) is 12.7 Å². The summed E-state index contributed by atoms with van der Waals surface area (Å²) >= 11 is 0. The minimum atomic E-state index is -3.06. The lowest BCUT2D eigenvalue weighted by Gasteiger charge is -2.20. The fourth-order valence-electron chi connectivity index (χ4n) is 0.900. The number of alkyl halides is 2. The first-order valence-corrected chi connectivity index (χ1v) is 3.89. The maximum Gasteiger partial charge on any atom is 0.274 e. The van der Waals surface area contributed by atoms with E-state index in [2.05, 4.69) is 10.3 Å². The van der Waals surface area contributed by atoms with Crippen LogP contribution in [0.5, 0.6) is 0 Å². The molecule has 0 aromatic carbocycles. The highest BCUT2D eigenvalue weighted by molar-refractivity contribution is 4.74. The van der Waals surface area contributed by atoms with Gasteiger partial charge in [-0.05, 0) is 0 Å². The Labute approximate surface area is 74.2 Å². The summed E-state index contributed by atoms with van der Waals surface area (Å²) in [6, 6.07) is 0. The first-order valence-electron chi connectivity index (χ1n) is 3.89. The standard InChI is InChI=1S/C7H11F2N3O/c1-6(7(8,9)5-13)4-12-3-2-10-11-12/h2-3,6,13H,4-5H2,1H3/t6-/m1/s1. The van der Waals surface area contributed by atoms with Gasteiger partial charge in [-0.15, -0.1) is 5.10 Å². The van der Waals surface area contributed by atoms with Gasteiger partial charge in [0.15, 0.2) is 0 Å². The highest BCUT2D eigenvalue weighted by Crippen LogP contribution is 2.24. The SMILES string of the molecule is C[C@H](Cn1ccnn1)C(F)(F)CO. The molecule has 0 aliphatic rings. The molecule has 0 bridgehead atoms. The van der Waals surface area contributed by atoms with Gasteiger partial charge in [0.2, 0.25) is 0 Å². The van der Waals surface area contributed by atoms with Crippen LogP contribution in [-0.4, -0.2) is 32.6 Å². The van der Waals surface area contributed by atoms with Crippen LogP contribution in [-0.2, 0) is 6.54 Å². The molecule has 1 aromatic heterocycles. The lowest BCUT2D eigenvalue weighted by Crippen LogP contribution is -2.33. The Hall–Kier alpha value is -1.04. The second kappa shape index (κ2) is 3.78. The summed E-state index contributed by atoms with van der Waals surface area (Å²) in [5.41, 5.74) is 0. The molecule has 0 amide bonds. The van der Waals surface area contributed by atoms with Crippen molar-refractivity contribution < 1.29 is 13.9 Å². The minimum absolute atomic E-state index is 0.0492. The zero-order valence-electron chi connectivity index (χ0n) is 7.19. The molecule has 1 heterocycles. The Morgan fingerprint density at radius 2 is 2.31 bits per heavy atom. The van der Waals surface area contributed by atoms with E-state index in [0.717, 1.165) is 0 Å². The van der Waals surface area contributed by atoms with Crippen molar-refractivity contribution in [2.24, 2.45) is 5.92 Å². The quantitative estimate of drug-likeness (QED) is 0.755. The highest BCUT2D eigenvalue weighted by Gasteiger charge is 2.35. The topological polar surface area (TPSA) is 50.9 Å². The lowest BCUT2D eigenvalue weighted by molar-refractivity contribution is -0.0971. The number of halogens is 2. The molecule has 74 valence electrons. The van der Waals surface area contributed by atoms with E-state index < -0.39 is 18.4 Å². The van der Waals surface area contributed by atoms with E-state index in [9.17, 15) is 8.78 Å². The minimum Gasteiger partial charge on any atom is -0.390 e. The molecule has 0 spiro atoms. The Balaban J connectivity index is 2.55.